The molecule has 1 aliphatic rings. The molecule has 0 atom stereocenters. The standard InChI is InChI=1S/C23H26ClFN4O/c1-16-21(23(24)28(2)27-16)14-26-13-17-4-6-18(7-5-17)20-9-8-19(12-22(20)25)29-10-3-11-30-15-29/h4-9,12,26H,3,10-11,13-15H2,1-2H3. The van der Waals surface area contributed by atoms with Gasteiger partial charge in [-0.25, -0.2) is 4.39 Å². The second kappa shape index (κ2) is 9.16. The Labute approximate surface area is 181 Å². The van der Waals surface area contributed by atoms with E-state index in [2.05, 4.69) is 15.3 Å². The maximum atomic E-state index is 14.8. The van der Waals surface area contributed by atoms with Gasteiger partial charge in [-0.2, -0.15) is 5.10 Å². The molecule has 0 unspecified atom stereocenters. The molecule has 0 spiro atoms. The Balaban J connectivity index is 1.39. The quantitative estimate of drug-likeness (QED) is 0.620. The molecule has 158 valence electrons. The Morgan fingerprint density at radius 3 is 2.60 bits per heavy atom. The Morgan fingerprint density at radius 1 is 1.17 bits per heavy atom. The normalized spacial score (nSPS) is 14.3. The number of ether oxygens (including phenoxy) is 1. The van der Waals surface area contributed by atoms with E-state index in [0.717, 1.165) is 47.6 Å². The lowest BCUT2D eigenvalue weighted by Gasteiger charge is -2.28. The van der Waals surface area contributed by atoms with Crippen LogP contribution in [0.5, 0.6) is 0 Å². The van der Waals surface area contributed by atoms with Crippen molar-refractivity contribution in [3.8, 4) is 11.1 Å². The third kappa shape index (κ3) is 4.51. The molecule has 4 rings (SSSR count). The molecular weight excluding hydrogens is 403 g/mol. The van der Waals surface area contributed by atoms with E-state index in [4.69, 9.17) is 16.3 Å². The lowest BCUT2D eigenvalue weighted by molar-refractivity contribution is 0.107. The molecular formula is C23H26ClFN4O. The van der Waals surface area contributed by atoms with Crippen LogP contribution in [-0.2, 0) is 24.9 Å². The van der Waals surface area contributed by atoms with Gasteiger partial charge in [0.1, 0.15) is 17.7 Å². The van der Waals surface area contributed by atoms with E-state index in [1.54, 1.807) is 10.7 Å². The summed E-state index contributed by atoms with van der Waals surface area (Å²) in [6.07, 6.45) is 0.964. The summed E-state index contributed by atoms with van der Waals surface area (Å²) >= 11 is 6.27. The number of rotatable bonds is 6. The second-order valence-electron chi connectivity index (χ2n) is 7.60. The van der Waals surface area contributed by atoms with Gasteiger partial charge in [-0.15, -0.1) is 0 Å². The van der Waals surface area contributed by atoms with Crippen molar-refractivity contribution in [2.45, 2.75) is 26.4 Å². The Kier molecular flexibility index (Phi) is 6.37. The zero-order chi connectivity index (χ0) is 21.1. The maximum Gasteiger partial charge on any atom is 0.133 e. The molecule has 2 heterocycles. The SMILES string of the molecule is Cc1nn(C)c(Cl)c1CNCc1ccc(-c2ccc(N3CCCOC3)cc2F)cc1. The van der Waals surface area contributed by atoms with Gasteiger partial charge in [0.2, 0.25) is 0 Å². The molecule has 3 aromatic rings. The Hall–Kier alpha value is -2.41. The molecule has 1 fully saturated rings. The first-order valence-electron chi connectivity index (χ1n) is 10.1. The lowest BCUT2D eigenvalue weighted by atomic mass is 10.0. The molecule has 1 N–H and O–H groups in total. The third-order valence-electron chi connectivity index (χ3n) is 5.45. The number of aryl methyl sites for hydroxylation is 2. The highest BCUT2D eigenvalue weighted by molar-refractivity contribution is 6.30. The minimum absolute atomic E-state index is 0.217. The third-order valence-corrected chi connectivity index (χ3v) is 5.92. The summed E-state index contributed by atoms with van der Waals surface area (Å²) in [5, 5.41) is 8.38. The van der Waals surface area contributed by atoms with Crippen LogP contribution in [0, 0.1) is 12.7 Å². The van der Waals surface area contributed by atoms with Crippen LogP contribution in [0.4, 0.5) is 10.1 Å². The van der Waals surface area contributed by atoms with Crippen LogP contribution in [0.15, 0.2) is 42.5 Å². The summed E-state index contributed by atoms with van der Waals surface area (Å²) in [4.78, 5) is 2.06. The molecule has 30 heavy (non-hydrogen) atoms. The predicted octanol–water partition coefficient (Wildman–Crippen LogP) is 4.66. The van der Waals surface area contributed by atoms with Crippen molar-refractivity contribution >= 4 is 17.3 Å². The van der Waals surface area contributed by atoms with E-state index in [9.17, 15) is 4.39 Å². The number of nitrogens with one attached hydrogen (secondary N) is 1. The number of halogens is 2. The average molecular weight is 429 g/mol. The van der Waals surface area contributed by atoms with Crippen LogP contribution in [0.1, 0.15) is 23.2 Å². The van der Waals surface area contributed by atoms with Crippen LogP contribution in [0.2, 0.25) is 5.15 Å². The van der Waals surface area contributed by atoms with Crippen LogP contribution < -0.4 is 10.2 Å². The molecule has 1 saturated heterocycles. The van der Waals surface area contributed by atoms with E-state index >= 15 is 0 Å². The summed E-state index contributed by atoms with van der Waals surface area (Å²) in [6, 6.07) is 13.4. The molecule has 0 aliphatic carbocycles. The lowest BCUT2D eigenvalue weighted by Crippen LogP contribution is -2.32. The monoisotopic (exact) mass is 428 g/mol. The molecule has 0 radical (unpaired) electrons. The molecule has 5 nitrogen and oxygen atoms in total. The van der Waals surface area contributed by atoms with Crippen molar-refractivity contribution in [2.24, 2.45) is 7.05 Å². The fourth-order valence-electron chi connectivity index (χ4n) is 3.74. The number of aromatic nitrogens is 2. The van der Waals surface area contributed by atoms with Crippen LogP contribution in [0.3, 0.4) is 0 Å². The summed E-state index contributed by atoms with van der Waals surface area (Å²) in [5.41, 5.74) is 5.40. The van der Waals surface area contributed by atoms with E-state index in [1.807, 2.05) is 50.4 Å². The minimum Gasteiger partial charge on any atom is -0.361 e. The van der Waals surface area contributed by atoms with Crippen molar-refractivity contribution in [2.75, 3.05) is 24.8 Å². The first-order chi connectivity index (χ1) is 14.5. The molecule has 7 heteroatoms. The van der Waals surface area contributed by atoms with E-state index in [0.29, 0.717) is 30.5 Å². The molecule has 1 aromatic heterocycles. The molecule has 2 aromatic carbocycles. The zero-order valence-electron chi connectivity index (χ0n) is 17.3. The number of nitrogens with zero attached hydrogens (tertiary/aromatic N) is 3. The Morgan fingerprint density at radius 2 is 1.97 bits per heavy atom. The predicted molar refractivity (Wildman–Crippen MR) is 118 cm³/mol. The van der Waals surface area contributed by atoms with Crippen molar-refractivity contribution in [1.29, 1.82) is 0 Å². The van der Waals surface area contributed by atoms with Gasteiger partial charge in [0.15, 0.2) is 0 Å². The number of anilines is 1. The van der Waals surface area contributed by atoms with E-state index in [-0.39, 0.29) is 5.82 Å². The summed E-state index contributed by atoms with van der Waals surface area (Å²) < 4.78 is 21.9. The summed E-state index contributed by atoms with van der Waals surface area (Å²) in [5.74, 6) is -0.217. The summed E-state index contributed by atoms with van der Waals surface area (Å²) in [6.45, 7) is 5.48. The number of benzene rings is 2. The highest BCUT2D eigenvalue weighted by atomic mass is 35.5. The highest BCUT2D eigenvalue weighted by Gasteiger charge is 2.14. The number of hydrogen-bond acceptors (Lipinski definition) is 4. The smallest absolute Gasteiger partial charge is 0.133 e. The second-order valence-corrected chi connectivity index (χ2v) is 7.96. The van der Waals surface area contributed by atoms with Gasteiger partial charge in [0, 0.05) is 43.5 Å². The molecule has 0 bridgehead atoms. The first kappa shape index (κ1) is 20.8. The topological polar surface area (TPSA) is 42.3 Å². The molecule has 0 saturated carbocycles. The van der Waals surface area contributed by atoms with Crippen molar-refractivity contribution in [3.05, 3.63) is 70.3 Å². The van der Waals surface area contributed by atoms with Gasteiger partial charge in [-0.05, 0) is 42.7 Å². The van der Waals surface area contributed by atoms with Gasteiger partial charge in [0.25, 0.3) is 0 Å². The average Bonchev–Trinajstić information content (AvgIpc) is 3.01. The fraction of sp³-hybridized carbons (Fsp3) is 0.348. The van der Waals surface area contributed by atoms with Crippen LogP contribution >= 0.6 is 11.6 Å². The van der Waals surface area contributed by atoms with Crippen molar-refractivity contribution in [1.82, 2.24) is 15.1 Å². The van der Waals surface area contributed by atoms with E-state index in [1.165, 1.54) is 0 Å². The summed E-state index contributed by atoms with van der Waals surface area (Å²) in [7, 11) is 1.84. The van der Waals surface area contributed by atoms with Crippen LogP contribution in [0.25, 0.3) is 11.1 Å². The number of hydrogen-bond donors (Lipinski definition) is 1. The van der Waals surface area contributed by atoms with Gasteiger partial charge < -0.3 is 15.0 Å². The van der Waals surface area contributed by atoms with Gasteiger partial charge >= 0.3 is 0 Å². The maximum absolute atomic E-state index is 14.8. The van der Waals surface area contributed by atoms with Crippen molar-refractivity contribution in [3.63, 3.8) is 0 Å². The van der Waals surface area contributed by atoms with Gasteiger partial charge in [-0.3, -0.25) is 4.68 Å². The first-order valence-corrected chi connectivity index (χ1v) is 10.5. The largest absolute Gasteiger partial charge is 0.361 e. The minimum atomic E-state index is -0.217. The van der Waals surface area contributed by atoms with Crippen molar-refractivity contribution < 1.29 is 9.13 Å². The van der Waals surface area contributed by atoms with Crippen LogP contribution in [-0.4, -0.2) is 29.7 Å². The zero-order valence-corrected chi connectivity index (χ0v) is 18.0. The Bertz CT molecular complexity index is 1010. The van der Waals surface area contributed by atoms with Gasteiger partial charge in [0.05, 0.1) is 12.3 Å². The fourth-order valence-corrected chi connectivity index (χ4v) is 3.99. The van der Waals surface area contributed by atoms with Gasteiger partial charge in [-0.1, -0.05) is 35.9 Å². The highest BCUT2D eigenvalue weighted by Crippen LogP contribution is 2.28. The molecule has 0 amide bonds. The van der Waals surface area contributed by atoms with E-state index < -0.39 is 0 Å². The molecule has 1 aliphatic heterocycles.